The number of nitrogens with one attached hydrogen (secondary N) is 8. The number of rotatable bonds is 14. The SMILES string of the molecule is C=CC(=O)Nc1cccc(-c2nccc3cnc(Nc4ccc(N[C@@H]5CCNC5)cc4)nc23)c1.C=CC(=O)Nc1cccc([C@H]2c3ccncc3C=CN2Nc2ccc(NC3CCNC3)cc2)c1. The van der Waals surface area contributed by atoms with Gasteiger partial charge in [-0.1, -0.05) is 37.4 Å². The molecule has 0 aliphatic carbocycles. The summed E-state index contributed by atoms with van der Waals surface area (Å²) in [5.41, 5.74) is 14.5. The zero-order chi connectivity index (χ0) is 46.7. The van der Waals surface area contributed by atoms with Crippen LogP contribution in [0.3, 0.4) is 0 Å². The number of hydrazine groups is 1. The van der Waals surface area contributed by atoms with Gasteiger partial charge in [-0.25, -0.2) is 9.97 Å². The number of anilines is 7. The zero-order valence-electron chi connectivity index (χ0n) is 37.5. The van der Waals surface area contributed by atoms with Crippen molar-refractivity contribution in [2.75, 3.05) is 58.2 Å². The van der Waals surface area contributed by atoms with Gasteiger partial charge in [0, 0.05) is 95.5 Å². The van der Waals surface area contributed by atoms with E-state index >= 15 is 0 Å². The molecule has 0 saturated carbocycles. The van der Waals surface area contributed by atoms with Crippen LogP contribution in [0.25, 0.3) is 28.2 Å². The number of carbonyl (C=O) groups excluding carboxylic acids is 2. The van der Waals surface area contributed by atoms with Gasteiger partial charge in [-0.3, -0.25) is 30.0 Å². The van der Waals surface area contributed by atoms with Gasteiger partial charge in [0.25, 0.3) is 0 Å². The van der Waals surface area contributed by atoms with E-state index in [0.717, 1.165) is 101 Å². The van der Waals surface area contributed by atoms with E-state index in [4.69, 9.17) is 4.98 Å². The van der Waals surface area contributed by atoms with Crippen LogP contribution in [0.1, 0.15) is 35.6 Å². The predicted molar refractivity (Wildman–Crippen MR) is 273 cm³/mol. The molecule has 0 radical (unpaired) electrons. The third-order valence-electron chi connectivity index (χ3n) is 11.8. The number of fused-ring (bicyclic) bond motifs is 2. The lowest BCUT2D eigenvalue weighted by molar-refractivity contribution is -0.112. The van der Waals surface area contributed by atoms with Crippen molar-refractivity contribution in [3.05, 3.63) is 182 Å². The highest BCUT2D eigenvalue weighted by atomic mass is 16.2. The van der Waals surface area contributed by atoms with Crippen molar-refractivity contribution >= 4 is 68.9 Å². The highest BCUT2D eigenvalue weighted by Crippen LogP contribution is 2.37. The van der Waals surface area contributed by atoms with Gasteiger partial charge in [-0.2, -0.15) is 0 Å². The Morgan fingerprint density at radius 3 is 1.99 bits per heavy atom. The van der Waals surface area contributed by atoms with Gasteiger partial charge in [0.15, 0.2) is 0 Å². The molecule has 2 amide bonds. The first-order valence-corrected chi connectivity index (χ1v) is 22.7. The van der Waals surface area contributed by atoms with Crippen LogP contribution in [0.4, 0.5) is 40.1 Å². The molecule has 10 rings (SSSR count). The molecule has 15 nitrogen and oxygen atoms in total. The molecule has 68 heavy (non-hydrogen) atoms. The van der Waals surface area contributed by atoms with E-state index in [1.54, 1.807) is 12.4 Å². The van der Waals surface area contributed by atoms with Crippen molar-refractivity contribution in [1.29, 1.82) is 0 Å². The van der Waals surface area contributed by atoms with E-state index in [2.05, 4.69) is 124 Å². The van der Waals surface area contributed by atoms with E-state index < -0.39 is 0 Å². The number of hydrogen-bond acceptors (Lipinski definition) is 13. The second-order valence-corrected chi connectivity index (χ2v) is 16.6. The number of nitrogens with zero attached hydrogens (tertiary/aromatic N) is 5. The second kappa shape index (κ2) is 21.3. The molecule has 3 aromatic heterocycles. The smallest absolute Gasteiger partial charge is 0.247 e. The molecule has 3 atom stereocenters. The molecular formula is C53H53N13O2. The summed E-state index contributed by atoms with van der Waals surface area (Å²) in [5.74, 6) is -0.0149. The molecule has 8 N–H and O–H groups in total. The van der Waals surface area contributed by atoms with Crippen molar-refractivity contribution in [3.63, 3.8) is 0 Å². The van der Waals surface area contributed by atoms with Gasteiger partial charge in [-0.05, 0) is 146 Å². The van der Waals surface area contributed by atoms with Crippen LogP contribution in [0.2, 0.25) is 0 Å². The van der Waals surface area contributed by atoms with Crippen LogP contribution in [0, 0.1) is 0 Å². The minimum atomic E-state index is -0.266. The lowest BCUT2D eigenvalue weighted by Gasteiger charge is -2.36. The van der Waals surface area contributed by atoms with Crippen LogP contribution in [0.5, 0.6) is 0 Å². The van der Waals surface area contributed by atoms with Gasteiger partial charge in [0.2, 0.25) is 17.8 Å². The Morgan fingerprint density at radius 2 is 1.32 bits per heavy atom. The van der Waals surface area contributed by atoms with Gasteiger partial charge in [0.05, 0.1) is 11.4 Å². The van der Waals surface area contributed by atoms with Crippen molar-refractivity contribution < 1.29 is 9.59 Å². The average molecular weight is 904 g/mol. The Morgan fingerprint density at radius 1 is 0.676 bits per heavy atom. The standard InChI is InChI=1S/C27H28N6O.C26H25N7O/c1-2-26(34)31-23-5-3-4-19(16-23)27-25-11-14-28-17-20(25)12-15-33(27)32-22-8-6-21(7-9-22)30-24-10-13-29-18-24;1-2-23(34)31-21-5-3-4-17(14-21)24-25-18(10-13-28-24)15-29-26(33-25)32-20-8-6-19(7-9-20)30-22-11-12-27-16-22/h2-9,11-12,14-17,24,27,29-30,32H,1,10,13,18H2,(H,31,34);2-10,13-15,22,27,30H,1,11-12,16H2,(H,31,34)(H,29,32,33)/t24?,27-;22-/m01/s1. The van der Waals surface area contributed by atoms with Crippen LogP contribution in [0.15, 0.2) is 165 Å². The maximum atomic E-state index is 11.8. The highest BCUT2D eigenvalue weighted by molar-refractivity contribution is 6.00. The van der Waals surface area contributed by atoms with Crippen LogP contribution >= 0.6 is 0 Å². The van der Waals surface area contributed by atoms with Gasteiger partial charge >= 0.3 is 0 Å². The van der Waals surface area contributed by atoms with E-state index in [9.17, 15) is 9.59 Å². The molecule has 3 aliphatic rings. The topological polar surface area (TPSA) is 185 Å². The third kappa shape index (κ3) is 11.2. The fourth-order valence-corrected chi connectivity index (χ4v) is 8.39. The summed E-state index contributed by atoms with van der Waals surface area (Å²) < 4.78 is 0. The first kappa shape index (κ1) is 44.8. The van der Waals surface area contributed by atoms with Crippen LogP contribution < -0.4 is 42.6 Å². The van der Waals surface area contributed by atoms with E-state index in [-0.39, 0.29) is 17.9 Å². The normalized spacial score (nSPS) is 16.9. The fraction of sp³-hybridized carbons (Fsp3) is 0.170. The first-order chi connectivity index (χ1) is 33.4. The van der Waals surface area contributed by atoms with Crippen LogP contribution in [-0.4, -0.2) is 75.0 Å². The summed E-state index contributed by atoms with van der Waals surface area (Å²) in [6.45, 7) is 11.1. The number of amides is 2. The summed E-state index contributed by atoms with van der Waals surface area (Å²) in [5, 5.41) is 25.7. The van der Waals surface area contributed by atoms with Gasteiger partial charge in [0.1, 0.15) is 11.6 Å². The number of pyridine rings is 2. The Labute approximate surface area is 395 Å². The molecule has 342 valence electrons. The summed E-state index contributed by atoms with van der Waals surface area (Å²) >= 11 is 0. The summed E-state index contributed by atoms with van der Waals surface area (Å²) in [6, 6.07) is 36.6. The quantitative estimate of drug-likeness (QED) is 0.0485. The monoisotopic (exact) mass is 903 g/mol. The van der Waals surface area contributed by atoms with E-state index in [1.165, 1.54) is 12.2 Å². The number of carbonyl (C=O) groups is 2. The van der Waals surface area contributed by atoms with E-state index in [1.807, 2.05) is 85.3 Å². The Hall–Kier alpha value is -8.40. The molecule has 2 saturated heterocycles. The van der Waals surface area contributed by atoms with Gasteiger partial charge in [-0.15, -0.1) is 0 Å². The van der Waals surface area contributed by atoms with Crippen molar-refractivity contribution in [2.24, 2.45) is 0 Å². The Bertz CT molecular complexity index is 2930. The van der Waals surface area contributed by atoms with Gasteiger partial charge < -0.3 is 37.2 Å². The Kier molecular flexibility index (Phi) is 14.0. The molecule has 0 bridgehead atoms. The second-order valence-electron chi connectivity index (χ2n) is 16.6. The molecule has 7 aromatic rings. The Balaban J connectivity index is 0.000000170. The zero-order valence-corrected chi connectivity index (χ0v) is 37.5. The summed E-state index contributed by atoms with van der Waals surface area (Å²) in [4.78, 5) is 41.6. The lowest BCUT2D eigenvalue weighted by Crippen LogP contribution is -2.32. The number of hydrogen-bond donors (Lipinski definition) is 8. The first-order valence-electron chi connectivity index (χ1n) is 22.7. The van der Waals surface area contributed by atoms with Crippen molar-refractivity contribution in [2.45, 2.75) is 31.0 Å². The molecule has 3 aliphatic heterocycles. The fourth-order valence-electron chi connectivity index (χ4n) is 8.39. The maximum Gasteiger partial charge on any atom is 0.247 e. The van der Waals surface area contributed by atoms with E-state index in [0.29, 0.717) is 29.4 Å². The highest BCUT2D eigenvalue weighted by Gasteiger charge is 2.26. The molecule has 2 fully saturated rings. The van der Waals surface area contributed by atoms with Crippen LogP contribution in [-0.2, 0) is 9.59 Å². The largest absolute Gasteiger partial charge is 0.381 e. The molecule has 0 spiro atoms. The lowest BCUT2D eigenvalue weighted by atomic mass is 9.93. The van der Waals surface area contributed by atoms with Crippen molar-refractivity contribution in [1.82, 2.24) is 35.6 Å². The third-order valence-corrected chi connectivity index (χ3v) is 11.8. The molecular weight excluding hydrogens is 851 g/mol. The number of benzene rings is 4. The molecule has 4 aromatic carbocycles. The summed E-state index contributed by atoms with van der Waals surface area (Å²) in [6.07, 6.45) is 16.1. The predicted octanol–water partition coefficient (Wildman–Crippen LogP) is 8.72. The minimum absolute atomic E-state index is 0.106. The van der Waals surface area contributed by atoms with Crippen molar-refractivity contribution in [3.8, 4) is 11.3 Å². The molecule has 15 heteroatoms. The minimum Gasteiger partial charge on any atom is -0.381 e. The number of aromatic nitrogens is 4. The summed E-state index contributed by atoms with van der Waals surface area (Å²) in [7, 11) is 0. The molecule has 6 heterocycles. The molecule has 1 unspecified atom stereocenters. The average Bonchev–Trinajstić information content (AvgIpc) is 4.10. The maximum absolute atomic E-state index is 11.8.